The molecule has 0 fully saturated rings. The van der Waals surface area contributed by atoms with Crippen LogP contribution in [0.1, 0.15) is 20.8 Å². The first-order chi connectivity index (χ1) is 5.54. The molecule has 0 saturated heterocycles. The summed E-state index contributed by atoms with van der Waals surface area (Å²) in [5.74, 6) is 0. The fourth-order valence-electron chi connectivity index (χ4n) is 1.43. The van der Waals surface area contributed by atoms with Crippen LogP contribution in [0, 0.1) is 0 Å². The summed E-state index contributed by atoms with van der Waals surface area (Å²) < 4.78 is 0.586. The number of alkyl halides is 2. The highest BCUT2D eigenvalue weighted by molar-refractivity contribution is 9.24. The number of halogens is 3. The van der Waals surface area contributed by atoms with Gasteiger partial charge in [0.25, 0.3) is 0 Å². The Bertz CT molecular complexity index is 122. The molecule has 0 atom stereocenters. The van der Waals surface area contributed by atoms with E-state index >= 15 is 0 Å². The van der Waals surface area contributed by atoms with Crippen molar-refractivity contribution in [1.82, 2.24) is 0 Å². The summed E-state index contributed by atoms with van der Waals surface area (Å²) in [5.41, 5.74) is 0.140. The van der Waals surface area contributed by atoms with Crippen molar-refractivity contribution in [1.29, 1.82) is 0 Å². The van der Waals surface area contributed by atoms with Gasteiger partial charge in [0.05, 0.1) is 0 Å². The van der Waals surface area contributed by atoms with Crippen LogP contribution in [0.15, 0.2) is 0 Å². The first kappa shape index (κ1) is 13.1. The molecule has 0 saturated carbocycles. The SMILES string of the molecule is CC[N+](CC)(CC)[B-](Br)C(Cl)Cl. The zero-order valence-electron chi connectivity index (χ0n) is 7.86. The third-order valence-electron chi connectivity index (χ3n) is 2.62. The first-order valence-corrected chi connectivity index (χ1v) is 6.10. The van der Waals surface area contributed by atoms with E-state index in [1.165, 1.54) is 0 Å². The molecule has 73 valence electrons. The Labute approximate surface area is 94.1 Å². The van der Waals surface area contributed by atoms with Gasteiger partial charge in [0.15, 0.2) is 0 Å². The van der Waals surface area contributed by atoms with E-state index in [9.17, 15) is 0 Å². The first-order valence-electron chi connectivity index (χ1n) is 4.32. The Morgan fingerprint density at radius 2 is 1.50 bits per heavy atom. The molecule has 0 rings (SSSR count). The molecule has 0 aliphatic carbocycles. The molecule has 12 heavy (non-hydrogen) atoms. The molecule has 0 bridgehead atoms. The maximum atomic E-state index is 5.85. The van der Waals surface area contributed by atoms with Gasteiger partial charge in [-0.3, -0.25) is 0 Å². The standard InChI is InChI=1S/C7H16BBrCl2N/c1-4-12(5-2,6-3)8(9)7(10)11/h7H,4-6H2,1-3H3. The molecule has 5 heteroatoms. The minimum absolute atomic E-state index is 0.140. The van der Waals surface area contributed by atoms with Crippen molar-refractivity contribution in [2.24, 2.45) is 0 Å². The number of quaternary nitrogens is 1. The van der Waals surface area contributed by atoms with Gasteiger partial charge in [0, 0.05) is 24.4 Å². The minimum atomic E-state index is -0.343. The van der Waals surface area contributed by atoms with Gasteiger partial charge in [-0.2, -0.15) is 0 Å². The molecule has 0 aromatic carbocycles. The monoisotopic (exact) mass is 274 g/mol. The molecular formula is C7H16BBrCl2N. The van der Waals surface area contributed by atoms with Crippen molar-refractivity contribution >= 4 is 44.6 Å². The quantitative estimate of drug-likeness (QED) is 0.534. The molecule has 0 unspecified atom stereocenters. The zero-order valence-corrected chi connectivity index (χ0v) is 11.0. The van der Waals surface area contributed by atoms with E-state index in [1.807, 2.05) is 0 Å². The fourth-order valence-corrected chi connectivity index (χ4v) is 2.78. The Hall–Kier alpha value is 1.08. The highest BCUT2D eigenvalue weighted by atomic mass is 79.9. The average Bonchev–Trinajstić information content (AvgIpc) is 2.08. The topological polar surface area (TPSA) is 0 Å². The van der Waals surface area contributed by atoms with Crippen molar-refractivity contribution in [3.8, 4) is 0 Å². The number of hydrogen-bond donors (Lipinski definition) is 0. The molecule has 1 radical (unpaired) electrons. The van der Waals surface area contributed by atoms with Gasteiger partial charge in [-0.05, 0) is 20.8 Å². The highest BCUT2D eigenvalue weighted by Gasteiger charge is 2.26. The maximum absolute atomic E-state index is 5.85. The molecule has 0 aliphatic heterocycles. The number of hydrogen-bond acceptors (Lipinski definition) is 0. The highest BCUT2D eigenvalue weighted by Crippen LogP contribution is 2.23. The van der Waals surface area contributed by atoms with Crippen LogP contribution >= 0.6 is 39.0 Å². The molecule has 0 aromatic rings. The van der Waals surface area contributed by atoms with Crippen LogP contribution in [0.2, 0.25) is 0 Å². The summed E-state index contributed by atoms with van der Waals surface area (Å²) in [4.78, 5) is 0. The van der Waals surface area contributed by atoms with Crippen LogP contribution in [0.3, 0.4) is 0 Å². The number of nitrogens with zero attached hydrogens (tertiary/aromatic N) is 1. The Morgan fingerprint density at radius 1 is 1.17 bits per heavy atom. The molecule has 0 spiro atoms. The van der Waals surface area contributed by atoms with Crippen LogP contribution in [0.5, 0.6) is 0 Å². The maximum Gasteiger partial charge on any atom is 0.237 e. The fraction of sp³-hybridized carbons (Fsp3) is 1.00. The van der Waals surface area contributed by atoms with Crippen molar-refractivity contribution < 1.29 is 4.39 Å². The predicted molar refractivity (Wildman–Crippen MR) is 62.1 cm³/mol. The van der Waals surface area contributed by atoms with Crippen LogP contribution in [-0.4, -0.2) is 34.4 Å². The van der Waals surface area contributed by atoms with E-state index in [4.69, 9.17) is 23.2 Å². The Balaban J connectivity index is 4.46. The molecular weight excluding hydrogens is 260 g/mol. The van der Waals surface area contributed by atoms with Gasteiger partial charge in [-0.15, -0.1) is 23.2 Å². The minimum Gasteiger partial charge on any atom is -0.526 e. The lowest BCUT2D eigenvalue weighted by atomic mass is 9.88. The van der Waals surface area contributed by atoms with Gasteiger partial charge in [0.2, 0.25) is 5.67 Å². The predicted octanol–water partition coefficient (Wildman–Crippen LogP) is 3.09. The third-order valence-corrected chi connectivity index (χ3v) is 5.10. The van der Waals surface area contributed by atoms with E-state index in [0.29, 0.717) is 0 Å². The van der Waals surface area contributed by atoms with Gasteiger partial charge in [0.1, 0.15) is 0 Å². The lowest BCUT2D eigenvalue weighted by Gasteiger charge is -2.51. The lowest BCUT2D eigenvalue weighted by molar-refractivity contribution is -0.818. The summed E-state index contributed by atoms with van der Waals surface area (Å²) in [7, 11) is 0. The zero-order chi connectivity index (χ0) is 9.78. The van der Waals surface area contributed by atoms with Crippen LogP contribution in [-0.2, 0) is 0 Å². The second kappa shape index (κ2) is 5.74. The molecule has 0 N–H and O–H groups in total. The average molecular weight is 276 g/mol. The van der Waals surface area contributed by atoms with Crippen LogP contribution in [0.4, 0.5) is 0 Å². The second-order valence-electron chi connectivity index (χ2n) is 2.87. The Kier molecular flexibility index (Phi) is 6.26. The van der Waals surface area contributed by atoms with Gasteiger partial charge in [-0.25, -0.2) is 0 Å². The second-order valence-corrected chi connectivity index (χ2v) is 4.98. The summed E-state index contributed by atoms with van der Waals surface area (Å²) in [5, 5.41) is 0. The van der Waals surface area contributed by atoms with E-state index in [2.05, 4.69) is 36.5 Å². The number of rotatable bonds is 5. The summed E-state index contributed by atoms with van der Waals surface area (Å²) in [6.45, 7) is 9.66. The molecule has 1 nitrogen and oxygen atoms in total. The smallest absolute Gasteiger partial charge is 0.237 e. The molecule has 0 aliphatic rings. The molecule has 0 aromatic heterocycles. The van der Waals surface area contributed by atoms with Crippen molar-refractivity contribution in [2.75, 3.05) is 19.6 Å². The van der Waals surface area contributed by atoms with Crippen LogP contribution in [0.25, 0.3) is 0 Å². The van der Waals surface area contributed by atoms with Crippen LogP contribution < -0.4 is 0 Å². The van der Waals surface area contributed by atoms with E-state index in [-0.39, 0.29) is 10.4 Å². The molecule has 0 amide bonds. The summed E-state index contributed by atoms with van der Waals surface area (Å²) in [6.07, 6.45) is 0. The Morgan fingerprint density at radius 3 is 1.58 bits per heavy atom. The van der Waals surface area contributed by atoms with Crippen molar-refractivity contribution in [2.45, 2.75) is 25.5 Å². The van der Waals surface area contributed by atoms with E-state index in [1.54, 1.807) is 0 Å². The third kappa shape index (κ3) is 2.79. The normalized spacial score (nSPS) is 13.0. The molecule has 0 heterocycles. The lowest BCUT2D eigenvalue weighted by Crippen LogP contribution is -2.58. The summed E-state index contributed by atoms with van der Waals surface area (Å²) in [6, 6.07) is 0. The van der Waals surface area contributed by atoms with E-state index < -0.39 is 0 Å². The van der Waals surface area contributed by atoms with Gasteiger partial charge >= 0.3 is 0 Å². The van der Waals surface area contributed by atoms with Gasteiger partial charge in [-0.1, -0.05) is 0 Å². The van der Waals surface area contributed by atoms with E-state index in [0.717, 1.165) is 24.0 Å². The van der Waals surface area contributed by atoms with Crippen molar-refractivity contribution in [3.63, 3.8) is 0 Å². The summed E-state index contributed by atoms with van der Waals surface area (Å²) >= 11 is 15.3. The van der Waals surface area contributed by atoms with Gasteiger partial charge < -0.3 is 20.2 Å². The van der Waals surface area contributed by atoms with Crippen molar-refractivity contribution in [3.05, 3.63) is 0 Å². The largest absolute Gasteiger partial charge is 0.526 e.